The molecule has 4 atom stereocenters. The lowest BCUT2D eigenvalue weighted by molar-refractivity contribution is 0.0339. The molecule has 1 aliphatic carbocycles. The lowest BCUT2D eigenvalue weighted by Gasteiger charge is -2.22. The summed E-state index contributed by atoms with van der Waals surface area (Å²) < 4.78 is 37.8. The number of aliphatic hydroxyl groups excluding tert-OH is 1. The first-order valence-electron chi connectivity index (χ1n) is 9.98. The molecule has 170 valence electrons. The standard InChI is InChI=1S/C20H28N4O6S/c1-3-13(10-30-31(21,26)27)16(25)11-29-19-9-18(22-12-23-19)24-20-15-7-5-4-6-14(15)8-17(20)28-2/h4-7,9,12-13,16-17,20,25H,3,8,10-11H2,1-2H3,(H2,21,26,27)(H,22,23,24)/t13-,16-,17-,20+/m0/s1. The number of aliphatic hydroxyl groups is 1. The van der Waals surface area contributed by atoms with Crippen molar-refractivity contribution in [2.75, 3.05) is 25.6 Å². The van der Waals surface area contributed by atoms with Gasteiger partial charge in [-0.1, -0.05) is 31.2 Å². The highest BCUT2D eigenvalue weighted by Gasteiger charge is 2.32. The zero-order valence-corrected chi connectivity index (χ0v) is 18.3. The van der Waals surface area contributed by atoms with Crippen LogP contribution >= 0.6 is 0 Å². The average Bonchev–Trinajstić information content (AvgIpc) is 3.10. The third-order valence-electron chi connectivity index (χ3n) is 5.35. The van der Waals surface area contributed by atoms with E-state index in [4.69, 9.17) is 14.6 Å². The van der Waals surface area contributed by atoms with Gasteiger partial charge in [0.25, 0.3) is 0 Å². The van der Waals surface area contributed by atoms with Crippen molar-refractivity contribution in [2.24, 2.45) is 11.1 Å². The van der Waals surface area contributed by atoms with Gasteiger partial charge in [0.15, 0.2) is 0 Å². The van der Waals surface area contributed by atoms with Crippen molar-refractivity contribution in [2.45, 2.75) is 38.0 Å². The maximum atomic E-state index is 11.0. The number of methoxy groups -OCH3 is 1. The van der Waals surface area contributed by atoms with Gasteiger partial charge >= 0.3 is 10.3 Å². The number of nitrogens with zero attached hydrogens (tertiary/aromatic N) is 2. The molecule has 10 nitrogen and oxygen atoms in total. The van der Waals surface area contributed by atoms with Crippen molar-refractivity contribution in [1.82, 2.24) is 9.97 Å². The van der Waals surface area contributed by atoms with Crippen LogP contribution in [0.25, 0.3) is 0 Å². The maximum absolute atomic E-state index is 11.0. The van der Waals surface area contributed by atoms with Gasteiger partial charge in [-0.15, -0.1) is 0 Å². The topological polar surface area (TPSA) is 146 Å². The fourth-order valence-corrected chi connectivity index (χ4v) is 3.96. The van der Waals surface area contributed by atoms with Crippen LogP contribution < -0.4 is 15.2 Å². The molecule has 1 heterocycles. The molecule has 3 rings (SSSR count). The number of fused-ring (bicyclic) bond motifs is 1. The molecular formula is C20H28N4O6S. The molecule has 11 heteroatoms. The highest BCUT2D eigenvalue weighted by molar-refractivity contribution is 7.84. The van der Waals surface area contributed by atoms with Gasteiger partial charge in [0, 0.05) is 25.5 Å². The van der Waals surface area contributed by atoms with Crippen molar-refractivity contribution < 1.29 is 27.2 Å². The Morgan fingerprint density at radius 1 is 1.29 bits per heavy atom. The number of hydrogen-bond acceptors (Lipinski definition) is 9. The van der Waals surface area contributed by atoms with E-state index in [1.807, 2.05) is 12.1 Å². The second kappa shape index (κ2) is 10.3. The molecule has 31 heavy (non-hydrogen) atoms. The third kappa shape index (κ3) is 6.34. The van der Waals surface area contributed by atoms with Crippen LogP contribution in [0.4, 0.5) is 5.82 Å². The zero-order valence-electron chi connectivity index (χ0n) is 17.5. The molecule has 0 amide bonds. The molecule has 2 aromatic rings. The van der Waals surface area contributed by atoms with E-state index >= 15 is 0 Å². The monoisotopic (exact) mass is 452 g/mol. The quantitative estimate of drug-likeness (QED) is 0.457. The van der Waals surface area contributed by atoms with Gasteiger partial charge in [-0.25, -0.2) is 15.1 Å². The lowest BCUT2D eigenvalue weighted by Crippen LogP contribution is -2.32. The largest absolute Gasteiger partial charge is 0.475 e. The van der Waals surface area contributed by atoms with Gasteiger partial charge in [-0.05, 0) is 17.5 Å². The Morgan fingerprint density at radius 3 is 2.77 bits per heavy atom. The average molecular weight is 453 g/mol. The van der Waals surface area contributed by atoms with Crippen LogP contribution in [0.1, 0.15) is 30.5 Å². The van der Waals surface area contributed by atoms with Crippen molar-refractivity contribution in [3.63, 3.8) is 0 Å². The molecule has 1 aromatic carbocycles. The van der Waals surface area contributed by atoms with Crippen LogP contribution in [-0.4, -0.2) is 56.0 Å². The fourth-order valence-electron chi connectivity index (χ4n) is 3.60. The Hall–Kier alpha value is -2.31. The summed E-state index contributed by atoms with van der Waals surface area (Å²) in [6.45, 7) is 1.49. The van der Waals surface area contributed by atoms with Crippen molar-refractivity contribution >= 4 is 16.1 Å². The zero-order chi connectivity index (χ0) is 22.4. The number of hydrogen-bond donors (Lipinski definition) is 3. The predicted octanol–water partition coefficient (Wildman–Crippen LogP) is 1.19. The maximum Gasteiger partial charge on any atom is 0.333 e. The molecule has 0 fully saturated rings. The molecular weight excluding hydrogens is 424 g/mol. The second-order valence-corrected chi connectivity index (χ2v) is 8.59. The van der Waals surface area contributed by atoms with E-state index in [0.29, 0.717) is 12.2 Å². The van der Waals surface area contributed by atoms with E-state index in [1.54, 1.807) is 20.1 Å². The Morgan fingerprint density at radius 2 is 2.06 bits per heavy atom. The number of aromatic nitrogens is 2. The first-order valence-corrected chi connectivity index (χ1v) is 11.4. The second-order valence-electron chi connectivity index (χ2n) is 7.36. The van der Waals surface area contributed by atoms with Crippen LogP contribution in [0.3, 0.4) is 0 Å². The normalized spacial score (nSPS) is 20.1. The summed E-state index contributed by atoms with van der Waals surface area (Å²) in [4.78, 5) is 8.34. The number of benzene rings is 1. The number of ether oxygens (including phenoxy) is 2. The summed E-state index contributed by atoms with van der Waals surface area (Å²) in [6, 6.07) is 9.73. The number of nitrogens with two attached hydrogens (primary N) is 1. The van der Waals surface area contributed by atoms with Crippen LogP contribution in [0.5, 0.6) is 5.88 Å². The molecule has 0 spiro atoms. The molecule has 1 aromatic heterocycles. The summed E-state index contributed by atoms with van der Waals surface area (Å²) >= 11 is 0. The summed E-state index contributed by atoms with van der Waals surface area (Å²) in [6.07, 6.45) is 1.68. The van der Waals surface area contributed by atoms with E-state index in [1.165, 1.54) is 11.9 Å². The van der Waals surface area contributed by atoms with Gasteiger partial charge < -0.3 is 19.9 Å². The summed E-state index contributed by atoms with van der Waals surface area (Å²) in [7, 11) is -2.38. The molecule has 0 bridgehead atoms. The molecule has 0 saturated carbocycles. The fraction of sp³-hybridized carbons (Fsp3) is 0.500. The van der Waals surface area contributed by atoms with E-state index in [0.717, 1.165) is 12.0 Å². The Labute approximate surface area is 182 Å². The van der Waals surface area contributed by atoms with Crippen LogP contribution in [0.15, 0.2) is 36.7 Å². The van der Waals surface area contributed by atoms with E-state index in [-0.39, 0.29) is 31.2 Å². The number of rotatable bonds is 11. The van der Waals surface area contributed by atoms with Crippen LogP contribution in [0.2, 0.25) is 0 Å². The predicted molar refractivity (Wildman–Crippen MR) is 114 cm³/mol. The van der Waals surface area contributed by atoms with Crippen molar-refractivity contribution in [3.05, 3.63) is 47.8 Å². The van der Waals surface area contributed by atoms with Gasteiger partial charge in [0.05, 0.1) is 24.9 Å². The Bertz CT molecular complexity index is 974. The Kier molecular flexibility index (Phi) is 7.79. The van der Waals surface area contributed by atoms with E-state index < -0.39 is 22.3 Å². The van der Waals surface area contributed by atoms with E-state index in [2.05, 4.69) is 31.6 Å². The lowest BCUT2D eigenvalue weighted by atomic mass is 10.0. The summed E-state index contributed by atoms with van der Waals surface area (Å²) in [5.74, 6) is 0.377. The molecule has 0 radical (unpaired) electrons. The molecule has 0 unspecified atom stereocenters. The highest BCUT2D eigenvalue weighted by Crippen LogP contribution is 2.35. The smallest absolute Gasteiger partial charge is 0.333 e. The molecule has 0 saturated heterocycles. The minimum Gasteiger partial charge on any atom is -0.475 e. The van der Waals surface area contributed by atoms with Crippen molar-refractivity contribution in [3.8, 4) is 5.88 Å². The molecule has 0 aliphatic heterocycles. The highest BCUT2D eigenvalue weighted by atomic mass is 32.2. The summed E-state index contributed by atoms with van der Waals surface area (Å²) in [5.41, 5.74) is 2.39. The number of nitrogens with one attached hydrogen (secondary N) is 1. The third-order valence-corrected chi connectivity index (χ3v) is 5.81. The van der Waals surface area contributed by atoms with Gasteiger partial charge in [0.2, 0.25) is 5.88 Å². The van der Waals surface area contributed by atoms with E-state index in [9.17, 15) is 13.5 Å². The minimum absolute atomic E-state index is 0.0253. The van der Waals surface area contributed by atoms with Gasteiger partial charge in [-0.3, -0.25) is 4.18 Å². The van der Waals surface area contributed by atoms with Gasteiger partial charge in [-0.2, -0.15) is 8.42 Å². The first-order chi connectivity index (χ1) is 14.8. The first kappa shape index (κ1) is 23.4. The van der Waals surface area contributed by atoms with Crippen LogP contribution in [-0.2, 0) is 25.6 Å². The van der Waals surface area contributed by atoms with Crippen LogP contribution in [0, 0.1) is 5.92 Å². The van der Waals surface area contributed by atoms with Crippen molar-refractivity contribution in [1.29, 1.82) is 0 Å². The molecule has 4 N–H and O–H groups in total. The minimum atomic E-state index is -4.07. The van der Waals surface area contributed by atoms with Gasteiger partial charge in [0.1, 0.15) is 18.8 Å². The Balaban J connectivity index is 1.61. The SMILES string of the molecule is CC[C@@H](COS(N)(=O)=O)[C@@H](O)COc1cc(N[C@@H]2c3ccccc3C[C@@H]2OC)ncn1. The molecule has 1 aliphatic rings. The summed E-state index contributed by atoms with van der Waals surface area (Å²) in [5, 5.41) is 18.5. The number of anilines is 1.